The average molecular weight is 231 g/mol. The lowest BCUT2D eigenvalue weighted by Gasteiger charge is -2.24. The molecule has 2 aliphatic rings. The Bertz CT molecular complexity index is 487. The number of ether oxygens (including phenoxy) is 1. The lowest BCUT2D eigenvalue weighted by molar-refractivity contribution is 0.352. The third-order valence-corrected chi connectivity index (χ3v) is 3.25. The third kappa shape index (κ3) is 2.09. The van der Waals surface area contributed by atoms with Crippen LogP contribution in [0.1, 0.15) is 31.2 Å². The highest BCUT2D eigenvalue weighted by Crippen LogP contribution is 2.29. The van der Waals surface area contributed by atoms with Gasteiger partial charge in [-0.3, -0.25) is 0 Å². The second kappa shape index (κ2) is 4.32. The van der Waals surface area contributed by atoms with Crippen molar-refractivity contribution in [2.45, 2.75) is 25.7 Å². The van der Waals surface area contributed by atoms with Crippen molar-refractivity contribution in [3.05, 3.63) is 47.0 Å². The summed E-state index contributed by atoms with van der Waals surface area (Å²) in [6.45, 7) is 0.738. The van der Waals surface area contributed by atoms with E-state index in [0.717, 1.165) is 30.7 Å². The molecular formula is C14H14FNO. The number of nitrogens with zero attached hydrogens (tertiary/aromatic N) is 1. The Morgan fingerprint density at radius 3 is 2.65 bits per heavy atom. The number of aliphatic imine (C=N–C) groups is 1. The highest BCUT2D eigenvalue weighted by molar-refractivity contribution is 5.95. The Morgan fingerprint density at radius 2 is 1.82 bits per heavy atom. The van der Waals surface area contributed by atoms with Crippen molar-refractivity contribution in [2.24, 2.45) is 4.99 Å². The van der Waals surface area contributed by atoms with Crippen LogP contribution in [0.15, 0.2) is 40.6 Å². The zero-order chi connectivity index (χ0) is 11.7. The minimum absolute atomic E-state index is 0.234. The van der Waals surface area contributed by atoms with E-state index in [0.29, 0.717) is 5.90 Å². The van der Waals surface area contributed by atoms with Crippen LogP contribution in [-0.4, -0.2) is 12.4 Å². The van der Waals surface area contributed by atoms with Crippen molar-refractivity contribution in [3.63, 3.8) is 0 Å². The van der Waals surface area contributed by atoms with Crippen molar-refractivity contribution in [1.82, 2.24) is 0 Å². The van der Waals surface area contributed by atoms with E-state index in [9.17, 15) is 4.39 Å². The number of hydrogen-bond acceptors (Lipinski definition) is 2. The standard InChI is InChI=1S/C14H14FNO/c15-12-7-5-10(6-8-12)14-16-9-11-3-1-2-4-13(11)17-14/h5-8H,1-4,9H2. The van der Waals surface area contributed by atoms with Gasteiger partial charge in [0.1, 0.15) is 11.6 Å². The van der Waals surface area contributed by atoms with Crippen LogP contribution in [0.5, 0.6) is 0 Å². The topological polar surface area (TPSA) is 21.6 Å². The summed E-state index contributed by atoms with van der Waals surface area (Å²) in [5.41, 5.74) is 2.19. The second-order valence-corrected chi connectivity index (χ2v) is 4.46. The number of benzene rings is 1. The van der Waals surface area contributed by atoms with Gasteiger partial charge in [-0.15, -0.1) is 0 Å². The van der Waals surface area contributed by atoms with Crippen molar-refractivity contribution in [3.8, 4) is 0 Å². The molecule has 0 fully saturated rings. The molecule has 3 rings (SSSR count). The molecule has 0 aromatic heterocycles. The van der Waals surface area contributed by atoms with Gasteiger partial charge in [-0.25, -0.2) is 9.38 Å². The molecule has 0 spiro atoms. The van der Waals surface area contributed by atoms with E-state index in [2.05, 4.69) is 4.99 Å². The molecule has 17 heavy (non-hydrogen) atoms. The largest absolute Gasteiger partial charge is 0.443 e. The molecule has 0 amide bonds. The Morgan fingerprint density at radius 1 is 1.06 bits per heavy atom. The first-order valence-electron chi connectivity index (χ1n) is 6.02. The normalized spacial score (nSPS) is 19.5. The Kier molecular flexibility index (Phi) is 2.67. The number of hydrogen-bond donors (Lipinski definition) is 0. The summed E-state index contributed by atoms with van der Waals surface area (Å²) in [6.07, 6.45) is 4.55. The maximum Gasteiger partial charge on any atom is 0.221 e. The highest BCUT2D eigenvalue weighted by Gasteiger charge is 2.20. The summed E-state index contributed by atoms with van der Waals surface area (Å²) < 4.78 is 18.7. The van der Waals surface area contributed by atoms with Gasteiger partial charge in [0.25, 0.3) is 0 Å². The maximum atomic E-state index is 12.8. The molecule has 0 saturated carbocycles. The van der Waals surface area contributed by atoms with E-state index in [1.807, 2.05) is 0 Å². The Balaban J connectivity index is 1.83. The van der Waals surface area contributed by atoms with Crippen LogP contribution in [0.4, 0.5) is 4.39 Å². The van der Waals surface area contributed by atoms with Crippen LogP contribution >= 0.6 is 0 Å². The zero-order valence-electron chi connectivity index (χ0n) is 9.58. The summed E-state index contributed by atoms with van der Waals surface area (Å²) in [5.74, 6) is 1.49. The van der Waals surface area contributed by atoms with E-state index < -0.39 is 0 Å². The van der Waals surface area contributed by atoms with Crippen LogP contribution in [-0.2, 0) is 4.74 Å². The van der Waals surface area contributed by atoms with Gasteiger partial charge in [0.2, 0.25) is 5.90 Å². The minimum Gasteiger partial charge on any atom is -0.443 e. The first kappa shape index (κ1) is 10.5. The summed E-state index contributed by atoms with van der Waals surface area (Å²) in [6, 6.07) is 6.29. The van der Waals surface area contributed by atoms with E-state index in [1.165, 1.54) is 30.5 Å². The summed E-state index contributed by atoms with van der Waals surface area (Å²) in [5, 5.41) is 0. The lowest BCUT2D eigenvalue weighted by atomic mass is 9.97. The van der Waals surface area contributed by atoms with Gasteiger partial charge in [-0.1, -0.05) is 0 Å². The van der Waals surface area contributed by atoms with Gasteiger partial charge in [0.05, 0.1) is 6.54 Å². The van der Waals surface area contributed by atoms with Crippen molar-refractivity contribution < 1.29 is 9.13 Å². The van der Waals surface area contributed by atoms with E-state index in [1.54, 1.807) is 12.1 Å². The molecule has 3 heteroatoms. The summed E-state index contributed by atoms with van der Waals surface area (Å²) in [4.78, 5) is 4.43. The van der Waals surface area contributed by atoms with E-state index >= 15 is 0 Å². The fraction of sp³-hybridized carbons (Fsp3) is 0.357. The molecule has 2 nitrogen and oxygen atoms in total. The fourth-order valence-electron chi connectivity index (χ4n) is 2.29. The molecule has 88 valence electrons. The summed E-state index contributed by atoms with van der Waals surface area (Å²) >= 11 is 0. The predicted molar refractivity (Wildman–Crippen MR) is 64.4 cm³/mol. The first-order chi connectivity index (χ1) is 8.33. The average Bonchev–Trinajstić information content (AvgIpc) is 2.39. The molecule has 1 aromatic carbocycles. The molecule has 1 heterocycles. The Hall–Kier alpha value is -1.64. The molecule has 1 aliphatic heterocycles. The molecule has 0 unspecified atom stereocenters. The smallest absolute Gasteiger partial charge is 0.221 e. The molecule has 0 saturated heterocycles. The molecular weight excluding hydrogens is 217 g/mol. The van der Waals surface area contributed by atoms with Gasteiger partial charge in [0.15, 0.2) is 0 Å². The maximum absolute atomic E-state index is 12.8. The number of allylic oxidation sites excluding steroid dienone is 1. The van der Waals surface area contributed by atoms with Gasteiger partial charge in [0, 0.05) is 12.0 Å². The van der Waals surface area contributed by atoms with Gasteiger partial charge < -0.3 is 4.74 Å². The predicted octanol–water partition coefficient (Wildman–Crippen LogP) is 3.43. The molecule has 1 aliphatic carbocycles. The zero-order valence-corrected chi connectivity index (χ0v) is 9.58. The molecule has 0 radical (unpaired) electrons. The Labute approximate surface area is 99.8 Å². The van der Waals surface area contributed by atoms with Crippen LogP contribution in [0.2, 0.25) is 0 Å². The van der Waals surface area contributed by atoms with Crippen molar-refractivity contribution in [2.75, 3.05) is 6.54 Å². The molecule has 0 atom stereocenters. The van der Waals surface area contributed by atoms with Crippen LogP contribution < -0.4 is 0 Å². The van der Waals surface area contributed by atoms with Gasteiger partial charge >= 0.3 is 0 Å². The van der Waals surface area contributed by atoms with Crippen LogP contribution in [0.25, 0.3) is 0 Å². The molecule has 1 aromatic rings. The monoisotopic (exact) mass is 231 g/mol. The number of halogens is 1. The summed E-state index contributed by atoms with van der Waals surface area (Å²) in [7, 11) is 0. The minimum atomic E-state index is -0.234. The fourth-order valence-corrected chi connectivity index (χ4v) is 2.29. The lowest BCUT2D eigenvalue weighted by Crippen LogP contribution is -2.17. The van der Waals surface area contributed by atoms with Crippen LogP contribution in [0, 0.1) is 5.82 Å². The highest BCUT2D eigenvalue weighted by atomic mass is 19.1. The quantitative estimate of drug-likeness (QED) is 0.725. The SMILES string of the molecule is Fc1ccc(C2=NCC3=C(CCCC3)O2)cc1. The van der Waals surface area contributed by atoms with Crippen molar-refractivity contribution >= 4 is 5.90 Å². The molecule has 0 N–H and O–H groups in total. The van der Waals surface area contributed by atoms with Gasteiger partial charge in [-0.2, -0.15) is 0 Å². The number of rotatable bonds is 1. The van der Waals surface area contributed by atoms with Gasteiger partial charge in [-0.05, 0) is 49.1 Å². The van der Waals surface area contributed by atoms with Crippen LogP contribution in [0.3, 0.4) is 0 Å². The van der Waals surface area contributed by atoms with E-state index in [4.69, 9.17) is 4.74 Å². The van der Waals surface area contributed by atoms with Crippen molar-refractivity contribution in [1.29, 1.82) is 0 Å². The van der Waals surface area contributed by atoms with E-state index in [-0.39, 0.29) is 5.82 Å². The second-order valence-electron chi connectivity index (χ2n) is 4.46. The third-order valence-electron chi connectivity index (χ3n) is 3.25. The first-order valence-corrected chi connectivity index (χ1v) is 6.02. The molecule has 0 bridgehead atoms.